The minimum atomic E-state index is 0.653. The van der Waals surface area contributed by atoms with Gasteiger partial charge in [0.05, 0.1) is 0 Å². The Morgan fingerprint density at radius 2 is 1.83 bits per heavy atom. The molecule has 2 saturated heterocycles. The first-order chi connectivity index (χ1) is 11.4. The van der Waals surface area contributed by atoms with Gasteiger partial charge in [0, 0.05) is 43.8 Å². The molecule has 2 bridgehead atoms. The summed E-state index contributed by atoms with van der Waals surface area (Å²) in [6.45, 7) is 2.37. The zero-order valence-corrected chi connectivity index (χ0v) is 13.3. The molecule has 3 aliphatic rings. The van der Waals surface area contributed by atoms with Gasteiger partial charge < -0.3 is 4.90 Å². The largest absolute Gasteiger partial charge is 0.351 e. The fourth-order valence-corrected chi connectivity index (χ4v) is 4.24. The molecular formula is C19H22N4. The van der Waals surface area contributed by atoms with E-state index in [-0.39, 0.29) is 0 Å². The molecule has 4 heteroatoms. The molecule has 118 valence electrons. The van der Waals surface area contributed by atoms with Gasteiger partial charge in [0.2, 0.25) is 0 Å². The van der Waals surface area contributed by atoms with E-state index >= 15 is 0 Å². The van der Waals surface area contributed by atoms with Crippen molar-refractivity contribution in [3.8, 4) is 0 Å². The molecule has 0 N–H and O–H groups in total. The van der Waals surface area contributed by atoms with Crippen LogP contribution in [0.5, 0.6) is 0 Å². The Labute approximate surface area is 137 Å². The summed E-state index contributed by atoms with van der Waals surface area (Å²) >= 11 is 0. The molecule has 0 unspecified atom stereocenters. The van der Waals surface area contributed by atoms with Crippen LogP contribution in [-0.2, 0) is 6.42 Å². The highest BCUT2D eigenvalue weighted by Crippen LogP contribution is 2.40. The third-order valence-corrected chi connectivity index (χ3v) is 5.49. The second-order valence-electron chi connectivity index (χ2n) is 7.12. The zero-order chi connectivity index (χ0) is 15.2. The maximum Gasteiger partial charge on any atom is 0.135 e. The summed E-state index contributed by atoms with van der Waals surface area (Å²) in [6, 6.07) is 14.9. The van der Waals surface area contributed by atoms with E-state index in [0.717, 1.165) is 36.7 Å². The summed E-state index contributed by atoms with van der Waals surface area (Å²) in [6.07, 6.45) is 6.88. The van der Waals surface area contributed by atoms with Crippen LogP contribution < -0.4 is 4.90 Å². The lowest BCUT2D eigenvalue weighted by Gasteiger charge is -2.35. The van der Waals surface area contributed by atoms with Crippen LogP contribution in [0.3, 0.4) is 0 Å². The smallest absolute Gasteiger partial charge is 0.135 e. The summed E-state index contributed by atoms with van der Waals surface area (Å²) in [7, 11) is 0. The van der Waals surface area contributed by atoms with Crippen LogP contribution in [0.15, 0.2) is 42.6 Å². The Morgan fingerprint density at radius 3 is 2.57 bits per heavy atom. The van der Waals surface area contributed by atoms with Crippen molar-refractivity contribution in [1.29, 1.82) is 0 Å². The molecule has 0 spiro atoms. The minimum absolute atomic E-state index is 0.653. The predicted molar refractivity (Wildman–Crippen MR) is 90.5 cm³/mol. The maximum absolute atomic E-state index is 4.85. The van der Waals surface area contributed by atoms with Gasteiger partial charge in [-0.15, -0.1) is 0 Å². The first-order valence-corrected chi connectivity index (χ1v) is 8.75. The molecule has 3 heterocycles. The Kier molecular flexibility index (Phi) is 3.11. The summed E-state index contributed by atoms with van der Waals surface area (Å²) in [5.41, 5.74) is 1.27. The zero-order valence-electron chi connectivity index (χ0n) is 13.3. The Morgan fingerprint density at radius 1 is 0.957 bits per heavy atom. The summed E-state index contributed by atoms with van der Waals surface area (Å²) in [5.74, 6) is 2.05. The predicted octanol–water partition coefficient (Wildman–Crippen LogP) is 2.49. The first kappa shape index (κ1) is 13.5. The SMILES string of the molecule is c1ccc(Cc2nccc(N3C[C@@H]4C[C@H]3CN4C3CC3)n2)cc1. The Bertz CT molecular complexity index is 698. The molecule has 2 atom stereocenters. The fourth-order valence-electron chi connectivity index (χ4n) is 4.24. The van der Waals surface area contributed by atoms with E-state index in [1.165, 1.54) is 31.4 Å². The molecular weight excluding hydrogens is 284 g/mol. The van der Waals surface area contributed by atoms with Crippen LogP contribution in [0.2, 0.25) is 0 Å². The molecule has 1 aromatic heterocycles. The first-order valence-electron chi connectivity index (χ1n) is 8.75. The molecule has 2 aliphatic heterocycles. The number of hydrogen-bond acceptors (Lipinski definition) is 4. The van der Waals surface area contributed by atoms with E-state index in [1.807, 2.05) is 12.3 Å². The molecule has 23 heavy (non-hydrogen) atoms. The highest BCUT2D eigenvalue weighted by Gasteiger charge is 2.48. The molecule has 5 rings (SSSR count). The second kappa shape index (κ2) is 5.31. The van der Waals surface area contributed by atoms with Gasteiger partial charge in [0.25, 0.3) is 0 Å². The molecule has 0 radical (unpaired) electrons. The van der Waals surface area contributed by atoms with Crippen molar-refractivity contribution < 1.29 is 0 Å². The van der Waals surface area contributed by atoms with Gasteiger partial charge in [0.1, 0.15) is 11.6 Å². The standard InChI is InChI=1S/C19H22N4/c1-2-4-14(5-3-1)10-18-20-9-8-19(21-18)23-13-16-11-17(23)12-22(16)15-6-7-15/h1-5,8-9,15-17H,6-7,10-13H2/t16-,17-/m0/s1. The van der Waals surface area contributed by atoms with Crippen molar-refractivity contribution in [1.82, 2.24) is 14.9 Å². The van der Waals surface area contributed by atoms with Gasteiger partial charge in [-0.3, -0.25) is 4.90 Å². The third kappa shape index (κ3) is 2.51. The van der Waals surface area contributed by atoms with E-state index in [0.29, 0.717) is 6.04 Å². The van der Waals surface area contributed by atoms with Gasteiger partial charge >= 0.3 is 0 Å². The van der Waals surface area contributed by atoms with Crippen molar-refractivity contribution in [3.63, 3.8) is 0 Å². The van der Waals surface area contributed by atoms with Crippen LogP contribution >= 0.6 is 0 Å². The molecule has 3 fully saturated rings. The maximum atomic E-state index is 4.85. The molecule has 1 aliphatic carbocycles. The highest BCUT2D eigenvalue weighted by atomic mass is 15.4. The molecule has 1 saturated carbocycles. The monoisotopic (exact) mass is 306 g/mol. The lowest BCUT2D eigenvalue weighted by Crippen LogP contribution is -2.47. The van der Waals surface area contributed by atoms with Crippen molar-refractivity contribution >= 4 is 5.82 Å². The van der Waals surface area contributed by atoms with Crippen molar-refractivity contribution in [2.24, 2.45) is 0 Å². The number of likely N-dealkylation sites (tertiary alicyclic amines) is 1. The molecule has 4 nitrogen and oxygen atoms in total. The lowest BCUT2D eigenvalue weighted by molar-refractivity contribution is 0.228. The van der Waals surface area contributed by atoms with Crippen molar-refractivity contribution in [2.75, 3.05) is 18.0 Å². The quantitative estimate of drug-likeness (QED) is 0.869. The Hall–Kier alpha value is -1.94. The Balaban J connectivity index is 1.33. The average molecular weight is 306 g/mol. The number of rotatable bonds is 4. The normalized spacial score (nSPS) is 26.9. The number of benzene rings is 1. The van der Waals surface area contributed by atoms with Crippen molar-refractivity contribution in [3.05, 3.63) is 54.0 Å². The summed E-state index contributed by atoms with van der Waals surface area (Å²) in [5, 5.41) is 0. The van der Waals surface area contributed by atoms with Gasteiger partial charge in [-0.1, -0.05) is 30.3 Å². The van der Waals surface area contributed by atoms with Crippen LogP contribution in [0.4, 0.5) is 5.82 Å². The number of anilines is 1. The van der Waals surface area contributed by atoms with E-state index in [1.54, 1.807) is 0 Å². The fraction of sp³-hybridized carbons (Fsp3) is 0.474. The van der Waals surface area contributed by atoms with Gasteiger partial charge in [-0.2, -0.15) is 0 Å². The van der Waals surface area contributed by atoms with Gasteiger partial charge in [-0.25, -0.2) is 9.97 Å². The second-order valence-corrected chi connectivity index (χ2v) is 7.12. The van der Waals surface area contributed by atoms with E-state index < -0.39 is 0 Å². The third-order valence-electron chi connectivity index (χ3n) is 5.49. The highest BCUT2D eigenvalue weighted by molar-refractivity contribution is 5.43. The number of aromatic nitrogens is 2. The van der Waals surface area contributed by atoms with E-state index in [2.05, 4.69) is 45.1 Å². The topological polar surface area (TPSA) is 32.3 Å². The minimum Gasteiger partial charge on any atom is -0.351 e. The van der Waals surface area contributed by atoms with Crippen molar-refractivity contribution in [2.45, 2.75) is 43.8 Å². The van der Waals surface area contributed by atoms with Gasteiger partial charge in [0.15, 0.2) is 0 Å². The van der Waals surface area contributed by atoms with Gasteiger partial charge in [-0.05, 0) is 30.9 Å². The van der Waals surface area contributed by atoms with Crippen LogP contribution in [0, 0.1) is 0 Å². The number of hydrogen-bond donors (Lipinski definition) is 0. The van der Waals surface area contributed by atoms with Crippen LogP contribution in [0.1, 0.15) is 30.7 Å². The molecule has 1 aromatic carbocycles. The van der Waals surface area contributed by atoms with Crippen LogP contribution in [0.25, 0.3) is 0 Å². The summed E-state index contributed by atoms with van der Waals surface area (Å²) < 4.78 is 0. The number of piperazine rings is 1. The van der Waals surface area contributed by atoms with Crippen LogP contribution in [-0.4, -0.2) is 46.1 Å². The molecule has 2 aromatic rings. The van der Waals surface area contributed by atoms with E-state index in [4.69, 9.17) is 4.98 Å². The average Bonchev–Trinajstić information content (AvgIpc) is 3.24. The summed E-state index contributed by atoms with van der Waals surface area (Å²) in [4.78, 5) is 14.6. The number of fused-ring (bicyclic) bond motifs is 2. The lowest BCUT2D eigenvalue weighted by atomic mass is 10.1. The number of nitrogens with zero attached hydrogens (tertiary/aromatic N) is 4. The molecule has 0 amide bonds. The van der Waals surface area contributed by atoms with E-state index in [9.17, 15) is 0 Å².